The third kappa shape index (κ3) is 3.59. The lowest BCUT2D eigenvalue weighted by Crippen LogP contribution is -2.45. The summed E-state index contributed by atoms with van der Waals surface area (Å²) in [5.74, 6) is 0. The van der Waals surface area contributed by atoms with Crippen LogP contribution >= 0.6 is 0 Å². The van der Waals surface area contributed by atoms with Crippen LogP contribution in [0.15, 0.2) is 48.5 Å². The highest BCUT2D eigenvalue weighted by atomic mass is 16.3. The Labute approximate surface area is 154 Å². The molecule has 2 N–H and O–H groups in total. The second kappa shape index (κ2) is 7.48. The van der Waals surface area contributed by atoms with Gasteiger partial charge in [0.25, 0.3) is 0 Å². The van der Waals surface area contributed by atoms with Gasteiger partial charge in [-0.2, -0.15) is 0 Å². The van der Waals surface area contributed by atoms with Gasteiger partial charge in [0.1, 0.15) is 0 Å². The van der Waals surface area contributed by atoms with E-state index in [-0.39, 0.29) is 12.6 Å². The number of anilines is 1. The second-order valence-electron chi connectivity index (χ2n) is 7.12. The molecule has 1 unspecified atom stereocenters. The Morgan fingerprint density at radius 1 is 1.00 bits per heavy atom. The van der Waals surface area contributed by atoms with E-state index in [4.69, 9.17) is 0 Å². The minimum Gasteiger partial charge on any atom is -0.390 e. The summed E-state index contributed by atoms with van der Waals surface area (Å²) in [6, 6.07) is 16.3. The number of β-amino-alcohol motifs (C(OH)–C–C–N with tert-alkyl or cyclic N) is 1. The maximum Gasteiger partial charge on any atom is 0.321 e. The van der Waals surface area contributed by atoms with Gasteiger partial charge in [-0.25, -0.2) is 4.79 Å². The largest absolute Gasteiger partial charge is 0.390 e. The molecule has 5 nitrogen and oxygen atoms in total. The van der Waals surface area contributed by atoms with E-state index in [1.54, 1.807) is 4.90 Å². The smallest absolute Gasteiger partial charge is 0.321 e. The molecule has 0 bridgehead atoms. The first-order valence-electron chi connectivity index (χ1n) is 9.31. The van der Waals surface area contributed by atoms with Crippen LogP contribution in [0.3, 0.4) is 0 Å². The van der Waals surface area contributed by atoms with Crippen LogP contribution in [0, 0.1) is 0 Å². The zero-order valence-electron chi connectivity index (χ0n) is 14.9. The summed E-state index contributed by atoms with van der Waals surface area (Å²) in [5, 5.41) is 13.2. The third-order valence-electron chi connectivity index (χ3n) is 5.30. The molecule has 0 aromatic heterocycles. The molecule has 5 heteroatoms. The van der Waals surface area contributed by atoms with Crippen LogP contribution in [0.4, 0.5) is 10.5 Å². The zero-order valence-corrected chi connectivity index (χ0v) is 14.9. The van der Waals surface area contributed by atoms with E-state index >= 15 is 0 Å². The number of nitrogens with one attached hydrogen (secondary N) is 1. The van der Waals surface area contributed by atoms with Gasteiger partial charge in [-0.05, 0) is 35.6 Å². The van der Waals surface area contributed by atoms with Crippen LogP contribution < -0.4 is 10.2 Å². The molecule has 0 saturated heterocycles. The molecule has 2 aliphatic heterocycles. The summed E-state index contributed by atoms with van der Waals surface area (Å²) in [4.78, 5) is 16.5. The second-order valence-corrected chi connectivity index (χ2v) is 7.12. The van der Waals surface area contributed by atoms with Crippen LogP contribution in [0.2, 0.25) is 0 Å². The molecule has 0 saturated carbocycles. The van der Waals surface area contributed by atoms with Crippen molar-refractivity contribution in [3.63, 3.8) is 0 Å². The molecule has 1 atom stereocenters. The van der Waals surface area contributed by atoms with Crippen molar-refractivity contribution in [1.29, 1.82) is 0 Å². The van der Waals surface area contributed by atoms with Crippen molar-refractivity contribution in [3.8, 4) is 0 Å². The minimum atomic E-state index is -0.568. The highest BCUT2D eigenvalue weighted by molar-refractivity contribution is 5.94. The van der Waals surface area contributed by atoms with E-state index in [9.17, 15) is 9.90 Å². The molecule has 2 amide bonds. The number of urea groups is 1. The fraction of sp³-hybridized carbons (Fsp3) is 0.381. The number of aliphatic hydroxyl groups excluding tert-OH is 1. The predicted octanol–water partition coefficient (Wildman–Crippen LogP) is 2.18. The van der Waals surface area contributed by atoms with Crippen molar-refractivity contribution in [2.24, 2.45) is 0 Å². The number of carbonyl (C=O) groups is 1. The summed E-state index contributed by atoms with van der Waals surface area (Å²) in [6.45, 7) is 3.35. The van der Waals surface area contributed by atoms with Crippen LogP contribution in [-0.4, -0.2) is 48.3 Å². The van der Waals surface area contributed by atoms with Gasteiger partial charge in [0.2, 0.25) is 0 Å². The van der Waals surface area contributed by atoms with Gasteiger partial charge >= 0.3 is 6.03 Å². The molecular weight excluding hydrogens is 326 g/mol. The Bertz CT molecular complexity index is 792. The van der Waals surface area contributed by atoms with Gasteiger partial charge in [-0.15, -0.1) is 0 Å². The van der Waals surface area contributed by atoms with E-state index in [0.717, 1.165) is 31.6 Å². The van der Waals surface area contributed by atoms with E-state index in [1.807, 2.05) is 18.2 Å². The monoisotopic (exact) mass is 351 g/mol. The fourth-order valence-corrected chi connectivity index (χ4v) is 3.92. The normalized spacial score (nSPS) is 17.5. The van der Waals surface area contributed by atoms with Crippen LogP contribution in [0.5, 0.6) is 0 Å². The first-order chi connectivity index (χ1) is 12.7. The topological polar surface area (TPSA) is 55.8 Å². The van der Waals surface area contributed by atoms with E-state index in [0.29, 0.717) is 13.1 Å². The Morgan fingerprint density at radius 3 is 2.54 bits per heavy atom. The Morgan fingerprint density at radius 2 is 1.69 bits per heavy atom. The third-order valence-corrected chi connectivity index (χ3v) is 5.30. The van der Waals surface area contributed by atoms with Crippen molar-refractivity contribution in [1.82, 2.24) is 10.2 Å². The van der Waals surface area contributed by atoms with Crippen LogP contribution in [-0.2, 0) is 19.4 Å². The van der Waals surface area contributed by atoms with E-state index < -0.39 is 6.10 Å². The zero-order chi connectivity index (χ0) is 17.9. The molecule has 4 rings (SSSR count). The number of hydrogen-bond donors (Lipinski definition) is 2. The molecule has 136 valence electrons. The number of amides is 2. The lowest BCUT2D eigenvalue weighted by Gasteiger charge is -2.30. The number of para-hydroxylation sites is 1. The van der Waals surface area contributed by atoms with Gasteiger partial charge in [0.15, 0.2) is 0 Å². The van der Waals surface area contributed by atoms with Gasteiger partial charge in [-0.3, -0.25) is 9.80 Å². The van der Waals surface area contributed by atoms with Gasteiger partial charge in [0.05, 0.1) is 6.10 Å². The standard InChI is InChI=1S/C21H25N3O2/c25-19(15-23-11-9-16-5-1-2-7-18(16)14-23)13-22-21(26)24-12-10-17-6-3-4-8-20(17)24/h1-8,19,25H,9-15H2,(H,22,26). The molecule has 26 heavy (non-hydrogen) atoms. The number of carbonyl (C=O) groups excluding carboxylic acids is 1. The molecule has 2 aliphatic rings. The number of nitrogens with zero attached hydrogens (tertiary/aromatic N) is 2. The first kappa shape index (κ1) is 17.1. The number of benzene rings is 2. The van der Waals surface area contributed by atoms with Crippen LogP contribution in [0.1, 0.15) is 16.7 Å². The minimum absolute atomic E-state index is 0.127. The molecule has 2 aromatic carbocycles. The Kier molecular flexibility index (Phi) is 4.91. The Hall–Kier alpha value is -2.37. The van der Waals surface area contributed by atoms with Crippen molar-refractivity contribution in [2.75, 3.05) is 31.1 Å². The van der Waals surface area contributed by atoms with E-state index in [1.165, 1.54) is 16.7 Å². The molecular formula is C21H25N3O2. The average molecular weight is 351 g/mol. The summed E-state index contributed by atoms with van der Waals surface area (Å²) >= 11 is 0. The molecule has 0 radical (unpaired) electrons. The summed E-state index contributed by atoms with van der Waals surface area (Å²) in [6.07, 6.45) is 1.33. The highest BCUT2D eigenvalue weighted by Gasteiger charge is 2.25. The molecule has 2 heterocycles. The van der Waals surface area contributed by atoms with Crippen LogP contribution in [0.25, 0.3) is 0 Å². The summed E-state index contributed by atoms with van der Waals surface area (Å²) in [7, 11) is 0. The predicted molar refractivity (Wildman–Crippen MR) is 102 cm³/mol. The number of fused-ring (bicyclic) bond motifs is 2. The van der Waals surface area contributed by atoms with Gasteiger partial charge in [-0.1, -0.05) is 42.5 Å². The van der Waals surface area contributed by atoms with Gasteiger partial charge < -0.3 is 10.4 Å². The van der Waals surface area contributed by atoms with E-state index in [2.05, 4.69) is 40.5 Å². The van der Waals surface area contributed by atoms with Crippen molar-refractivity contribution in [3.05, 3.63) is 65.2 Å². The van der Waals surface area contributed by atoms with Gasteiger partial charge in [0, 0.05) is 38.4 Å². The maximum absolute atomic E-state index is 12.5. The molecule has 2 aromatic rings. The molecule has 0 fully saturated rings. The highest BCUT2D eigenvalue weighted by Crippen LogP contribution is 2.27. The SMILES string of the molecule is O=C(NCC(O)CN1CCc2ccccc2C1)N1CCc2ccccc21. The quantitative estimate of drug-likeness (QED) is 0.888. The van der Waals surface area contributed by atoms with Crippen molar-refractivity contribution in [2.45, 2.75) is 25.5 Å². The van der Waals surface area contributed by atoms with Crippen molar-refractivity contribution >= 4 is 11.7 Å². The number of aliphatic hydroxyl groups is 1. The van der Waals surface area contributed by atoms with Crippen molar-refractivity contribution < 1.29 is 9.90 Å². The molecule has 0 spiro atoms. The molecule has 0 aliphatic carbocycles. The lowest BCUT2D eigenvalue weighted by atomic mass is 10.00. The fourth-order valence-electron chi connectivity index (χ4n) is 3.92. The average Bonchev–Trinajstić information content (AvgIpc) is 3.10. The lowest BCUT2D eigenvalue weighted by molar-refractivity contribution is 0.106. The number of hydrogen-bond acceptors (Lipinski definition) is 3. The summed E-state index contributed by atoms with van der Waals surface area (Å²) < 4.78 is 0. The Balaban J connectivity index is 1.27. The first-order valence-corrected chi connectivity index (χ1v) is 9.31. The maximum atomic E-state index is 12.5. The number of rotatable bonds is 4. The summed E-state index contributed by atoms with van der Waals surface area (Å²) in [5.41, 5.74) is 4.92.